The van der Waals surface area contributed by atoms with Crippen LogP contribution in [0, 0.1) is 5.92 Å². The van der Waals surface area contributed by atoms with Gasteiger partial charge < -0.3 is 21.1 Å². The van der Waals surface area contributed by atoms with Crippen LogP contribution < -0.4 is 11.1 Å². The molecule has 1 unspecified atom stereocenters. The SMILES string of the molecule is NC(=O)N1CCCC(C(=O)NCC2(O)CCCC2)C1. The lowest BCUT2D eigenvalue weighted by Crippen LogP contribution is -2.49. The zero-order valence-electron chi connectivity index (χ0n) is 11.2. The second-order valence-corrected chi connectivity index (χ2v) is 5.77. The molecule has 2 rings (SSSR count). The van der Waals surface area contributed by atoms with Gasteiger partial charge in [0.25, 0.3) is 0 Å². The molecule has 2 fully saturated rings. The molecule has 1 aliphatic carbocycles. The number of hydrogen-bond acceptors (Lipinski definition) is 3. The molecule has 0 spiro atoms. The Morgan fingerprint density at radius 2 is 2.00 bits per heavy atom. The van der Waals surface area contributed by atoms with Gasteiger partial charge in [0, 0.05) is 19.6 Å². The van der Waals surface area contributed by atoms with Crippen molar-refractivity contribution in [3.05, 3.63) is 0 Å². The number of likely N-dealkylation sites (tertiary alicyclic amines) is 1. The first kappa shape index (κ1) is 14.1. The Kier molecular flexibility index (Phi) is 4.29. The number of carbonyl (C=O) groups excluding carboxylic acids is 2. The number of urea groups is 1. The highest BCUT2D eigenvalue weighted by Gasteiger charge is 2.33. The molecule has 0 radical (unpaired) electrons. The highest BCUT2D eigenvalue weighted by molar-refractivity contribution is 5.80. The number of primary amides is 1. The molecule has 0 aromatic heterocycles. The van der Waals surface area contributed by atoms with Crippen LogP contribution in [0.4, 0.5) is 4.79 Å². The first-order valence-electron chi connectivity index (χ1n) is 7.05. The van der Waals surface area contributed by atoms with Gasteiger partial charge in [-0.1, -0.05) is 12.8 Å². The number of aliphatic hydroxyl groups is 1. The van der Waals surface area contributed by atoms with Gasteiger partial charge in [0.1, 0.15) is 0 Å². The van der Waals surface area contributed by atoms with Gasteiger partial charge in [-0.15, -0.1) is 0 Å². The van der Waals surface area contributed by atoms with Crippen molar-refractivity contribution >= 4 is 11.9 Å². The van der Waals surface area contributed by atoms with Crippen LogP contribution in [0.25, 0.3) is 0 Å². The summed E-state index contributed by atoms with van der Waals surface area (Å²) in [5, 5.41) is 13.0. The second-order valence-electron chi connectivity index (χ2n) is 5.77. The smallest absolute Gasteiger partial charge is 0.314 e. The third kappa shape index (κ3) is 3.59. The van der Waals surface area contributed by atoms with E-state index in [-0.39, 0.29) is 11.8 Å². The number of piperidine rings is 1. The molecular formula is C13H23N3O3. The predicted octanol–water partition coefficient (Wildman–Crippen LogP) is 0.198. The topological polar surface area (TPSA) is 95.7 Å². The number of nitrogens with two attached hydrogens (primary N) is 1. The summed E-state index contributed by atoms with van der Waals surface area (Å²) in [7, 11) is 0. The first-order chi connectivity index (χ1) is 9.00. The van der Waals surface area contributed by atoms with Crippen molar-refractivity contribution < 1.29 is 14.7 Å². The van der Waals surface area contributed by atoms with Crippen LogP contribution in [0.1, 0.15) is 38.5 Å². The van der Waals surface area contributed by atoms with Crippen LogP contribution in [-0.4, -0.2) is 47.2 Å². The Hall–Kier alpha value is -1.30. The summed E-state index contributed by atoms with van der Waals surface area (Å²) < 4.78 is 0. The third-order valence-corrected chi connectivity index (χ3v) is 4.23. The average molecular weight is 269 g/mol. The highest BCUT2D eigenvalue weighted by atomic mass is 16.3. The summed E-state index contributed by atoms with van der Waals surface area (Å²) in [6.07, 6.45) is 5.12. The van der Waals surface area contributed by atoms with Crippen molar-refractivity contribution in [3.8, 4) is 0 Å². The zero-order chi connectivity index (χ0) is 13.9. The van der Waals surface area contributed by atoms with E-state index in [1.807, 2.05) is 0 Å². The predicted molar refractivity (Wildman–Crippen MR) is 70.3 cm³/mol. The lowest BCUT2D eigenvalue weighted by Gasteiger charge is -2.31. The van der Waals surface area contributed by atoms with E-state index in [9.17, 15) is 14.7 Å². The maximum atomic E-state index is 12.1. The van der Waals surface area contributed by atoms with Crippen molar-refractivity contribution in [1.29, 1.82) is 0 Å². The molecule has 0 aromatic carbocycles. The van der Waals surface area contributed by atoms with Crippen LogP contribution in [0.2, 0.25) is 0 Å². The van der Waals surface area contributed by atoms with Gasteiger partial charge in [0.05, 0.1) is 11.5 Å². The standard InChI is InChI=1S/C13H23N3O3/c14-12(18)16-7-3-4-10(8-16)11(17)15-9-13(19)5-1-2-6-13/h10,19H,1-9H2,(H2,14,18)(H,15,17). The minimum atomic E-state index is -0.728. The van der Waals surface area contributed by atoms with E-state index in [2.05, 4.69) is 5.32 Å². The Morgan fingerprint density at radius 3 is 2.63 bits per heavy atom. The van der Waals surface area contributed by atoms with Crippen LogP contribution in [-0.2, 0) is 4.79 Å². The molecule has 1 heterocycles. The van der Waals surface area contributed by atoms with Crippen molar-refractivity contribution in [2.45, 2.75) is 44.1 Å². The summed E-state index contributed by atoms with van der Waals surface area (Å²) in [4.78, 5) is 24.7. The molecule has 1 aliphatic heterocycles. The normalized spacial score (nSPS) is 26.2. The van der Waals surface area contributed by atoms with Crippen molar-refractivity contribution in [2.24, 2.45) is 11.7 Å². The molecule has 3 amide bonds. The quantitative estimate of drug-likeness (QED) is 0.683. The minimum Gasteiger partial charge on any atom is -0.388 e. The Balaban J connectivity index is 1.80. The Labute approximate surface area is 113 Å². The molecule has 108 valence electrons. The van der Waals surface area contributed by atoms with Crippen LogP contribution >= 0.6 is 0 Å². The molecule has 0 aromatic rings. The van der Waals surface area contributed by atoms with Gasteiger partial charge in [0.2, 0.25) is 5.91 Å². The van der Waals surface area contributed by atoms with Gasteiger partial charge in [-0.3, -0.25) is 4.79 Å². The maximum absolute atomic E-state index is 12.1. The lowest BCUT2D eigenvalue weighted by atomic mass is 9.96. The third-order valence-electron chi connectivity index (χ3n) is 4.23. The van der Waals surface area contributed by atoms with E-state index in [1.165, 1.54) is 4.90 Å². The van der Waals surface area contributed by atoms with Crippen molar-refractivity contribution in [2.75, 3.05) is 19.6 Å². The summed E-state index contributed by atoms with van der Waals surface area (Å²) in [6.45, 7) is 1.33. The van der Waals surface area contributed by atoms with Crippen LogP contribution in [0.3, 0.4) is 0 Å². The van der Waals surface area contributed by atoms with E-state index < -0.39 is 11.6 Å². The fourth-order valence-corrected chi connectivity index (χ4v) is 3.00. The van der Waals surface area contributed by atoms with E-state index >= 15 is 0 Å². The zero-order valence-corrected chi connectivity index (χ0v) is 11.2. The number of amides is 3. The van der Waals surface area contributed by atoms with E-state index in [1.54, 1.807) is 0 Å². The lowest BCUT2D eigenvalue weighted by molar-refractivity contribution is -0.127. The fraction of sp³-hybridized carbons (Fsp3) is 0.846. The number of rotatable bonds is 3. The van der Waals surface area contributed by atoms with Gasteiger partial charge in [-0.05, 0) is 25.7 Å². The minimum absolute atomic E-state index is 0.0775. The second kappa shape index (κ2) is 5.77. The van der Waals surface area contributed by atoms with E-state index in [0.29, 0.717) is 19.6 Å². The van der Waals surface area contributed by atoms with E-state index in [0.717, 1.165) is 38.5 Å². The van der Waals surface area contributed by atoms with Crippen LogP contribution in [0.5, 0.6) is 0 Å². The number of nitrogens with zero attached hydrogens (tertiary/aromatic N) is 1. The molecule has 19 heavy (non-hydrogen) atoms. The molecule has 1 saturated heterocycles. The Bertz CT molecular complexity index is 353. The van der Waals surface area contributed by atoms with Gasteiger partial charge in [-0.2, -0.15) is 0 Å². The monoisotopic (exact) mass is 269 g/mol. The Morgan fingerprint density at radius 1 is 1.32 bits per heavy atom. The summed E-state index contributed by atoms with van der Waals surface area (Å²) in [5.41, 5.74) is 4.51. The average Bonchev–Trinajstić information content (AvgIpc) is 2.83. The largest absolute Gasteiger partial charge is 0.388 e. The molecular weight excluding hydrogens is 246 g/mol. The van der Waals surface area contributed by atoms with Gasteiger partial charge >= 0.3 is 6.03 Å². The molecule has 4 N–H and O–H groups in total. The molecule has 6 nitrogen and oxygen atoms in total. The van der Waals surface area contributed by atoms with E-state index in [4.69, 9.17) is 5.73 Å². The molecule has 0 bridgehead atoms. The fourth-order valence-electron chi connectivity index (χ4n) is 3.00. The number of hydrogen-bond donors (Lipinski definition) is 3. The molecule has 6 heteroatoms. The van der Waals surface area contributed by atoms with Crippen LogP contribution in [0.15, 0.2) is 0 Å². The number of nitrogens with one attached hydrogen (secondary N) is 1. The van der Waals surface area contributed by atoms with Crippen molar-refractivity contribution in [3.63, 3.8) is 0 Å². The van der Waals surface area contributed by atoms with Gasteiger partial charge in [0.15, 0.2) is 0 Å². The summed E-state index contributed by atoms with van der Waals surface area (Å²) >= 11 is 0. The number of carbonyl (C=O) groups is 2. The molecule has 2 aliphatic rings. The van der Waals surface area contributed by atoms with Crippen molar-refractivity contribution in [1.82, 2.24) is 10.2 Å². The van der Waals surface area contributed by atoms with Gasteiger partial charge in [-0.25, -0.2) is 4.79 Å². The highest BCUT2D eigenvalue weighted by Crippen LogP contribution is 2.28. The summed E-state index contributed by atoms with van der Waals surface area (Å²) in [6, 6.07) is -0.466. The first-order valence-corrected chi connectivity index (χ1v) is 7.05. The molecule has 1 saturated carbocycles. The molecule has 1 atom stereocenters. The maximum Gasteiger partial charge on any atom is 0.314 e. The summed E-state index contributed by atoms with van der Waals surface area (Å²) in [5.74, 6) is -0.280.